The Morgan fingerprint density at radius 3 is 2.53 bits per heavy atom. The van der Waals surface area contributed by atoms with Crippen LogP contribution in [0.1, 0.15) is 0 Å². The predicted molar refractivity (Wildman–Crippen MR) is 135 cm³/mol. The van der Waals surface area contributed by atoms with Crippen LogP contribution in [0.5, 0.6) is 11.5 Å². The first kappa shape index (κ1) is 25.8. The standard InChI is InChI=1S/C21H21ClN4O5S3/c1-4-11-32-21-25-24-20(33-21)23-19(27)13-26(15-7-5-14(22)6-8-15)34(28,29)16-9-10-17(30-2)18(12-16)31-3/h4-10,12H,1,11,13H2,2-3H3,(H,23,24,27). The van der Waals surface area contributed by atoms with Crippen LogP contribution in [-0.2, 0) is 14.8 Å². The van der Waals surface area contributed by atoms with E-state index in [9.17, 15) is 13.2 Å². The molecule has 2 aromatic carbocycles. The van der Waals surface area contributed by atoms with Crippen molar-refractivity contribution in [2.24, 2.45) is 0 Å². The number of aromatic nitrogens is 2. The van der Waals surface area contributed by atoms with E-state index in [0.717, 1.165) is 4.31 Å². The van der Waals surface area contributed by atoms with Crippen molar-refractivity contribution in [3.8, 4) is 11.5 Å². The summed E-state index contributed by atoms with van der Waals surface area (Å²) in [6.07, 6.45) is 1.73. The molecule has 34 heavy (non-hydrogen) atoms. The second kappa shape index (κ2) is 11.6. The van der Waals surface area contributed by atoms with Gasteiger partial charge in [0.05, 0.1) is 24.8 Å². The van der Waals surface area contributed by atoms with Gasteiger partial charge in [-0.2, -0.15) is 0 Å². The SMILES string of the molecule is C=CCSc1nnc(NC(=O)CN(c2ccc(Cl)cc2)S(=O)(=O)c2ccc(OC)c(OC)c2)s1. The van der Waals surface area contributed by atoms with Crippen molar-refractivity contribution >= 4 is 61.4 Å². The normalized spacial score (nSPS) is 11.0. The lowest BCUT2D eigenvalue weighted by Gasteiger charge is -2.24. The van der Waals surface area contributed by atoms with Gasteiger partial charge in [0.2, 0.25) is 11.0 Å². The van der Waals surface area contributed by atoms with Crippen LogP contribution in [0, 0.1) is 0 Å². The zero-order chi connectivity index (χ0) is 24.7. The van der Waals surface area contributed by atoms with Crippen molar-refractivity contribution in [2.45, 2.75) is 9.24 Å². The van der Waals surface area contributed by atoms with Gasteiger partial charge in [-0.25, -0.2) is 8.42 Å². The van der Waals surface area contributed by atoms with Gasteiger partial charge in [-0.15, -0.1) is 16.8 Å². The predicted octanol–water partition coefficient (Wildman–Crippen LogP) is 4.32. The first-order valence-electron chi connectivity index (χ1n) is 9.66. The summed E-state index contributed by atoms with van der Waals surface area (Å²) >= 11 is 8.58. The number of carbonyl (C=O) groups excluding carboxylic acids is 1. The Bertz CT molecular complexity index is 1270. The van der Waals surface area contributed by atoms with Crippen LogP contribution in [-0.4, -0.2) is 51.0 Å². The Labute approximate surface area is 210 Å². The third kappa shape index (κ3) is 6.20. The van der Waals surface area contributed by atoms with Gasteiger partial charge in [0.1, 0.15) is 6.54 Å². The quantitative estimate of drug-likeness (QED) is 0.217. The number of carbonyl (C=O) groups is 1. The Morgan fingerprint density at radius 2 is 1.88 bits per heavy atom. The molecule has 180 valence electrons. The lowest BCUT2D eigenvalue weighted by atomic mass is 10.3. The number of halogens is 1. The van der Waals surface area contributed by atoms with Gasteiger partial charge in [0.25, 0.3) is 10.0 Å². The Morgan fingerprint density at radius 1 is 1.18 bits per heavy atom. The summed E-state index contributed by atoms with van der Waals surface area (Å²) < 4.78 is 39.2. The van der Waals surface area contributed by atoms with Gasteiger partial charge >= 0.3 is 0 Å². The van der Waals surface area contributed by atoms with Crippen molar-refractivity contribution < 1.29 is 22.7 Å². The van der Waals surface area contributed by atoms with Gasteiger partial charge in [0, 0.05) is 16.8 Å². The minimum absolute atomic E-state index is 0.0769. The van der Waals surface area contributed by atoms with E-state index < -0.39 is 22.5 Å². The molecule has 0 unspecified atom stereocenters. The molecule has 3 aromatic rings. The Kier molecular flexibility index (Phi) is 8.78. The molecule has 0 bridgehead atoms. The average molecular weight is 541 g/mol. The van der Waals surface area contributed by atoms with E-state index in [1.165, 1.54) is 67.7 Å². The Hall–Kier alpha value is -2.80. The van der Waals surface area contributed by atoms with E-state index in [0.29, 0.717) is 20.9 Å². The minimum Gasteiger partial charge on any atom is -0.493 e. The smallest absolute Gasteiger partial charge is 0.264 e. The molecular formula is C21H21ClN4O5S3. The van der Waals surface area contributed by atoms with E-state index in [1.807, 2.05) is 0 Å². The molecule has 0 saturated carbocycles. The Balaban J connectivity index is 1.91. The van der Waals surface area contributed by atoms with E-state index in [4.69, 9.17) is 21.1 Å². The summed E-state index contributed by atoms with van der Waals surface area (Å²) in [7, 11) is -1.32. The first-order valence-corrected chi connectivity index (χ1v) is 13.3. The second-order valence-electron chi connectivity index (χ2n) is 6.53. The van der Waals surface area contributed by atoms with E-state index >= 15 is 0 Å². The molecule has 0 fully saturated rings. The van der Waals surface area contributed by atoms with E-state index in [1.54, 1.807) is 18.2 Å². The van der Waals surface area contributed by atoms with E-state index in [2.05, 4.69) is 22.1 Å². The number of sulfonamides is 1. The zero-order valence-electron chi connectivity index (χ0n) is 18.2. The van der Waals surface area contributed by atoms with Crippen LogP contribution in [0.4, 0.5) is 10.8 Å². The summed E-state index contributed by atoms with van der Waals surface area (Å²) in [5, 5.41) is 11.2. The number of hydrogen-bond donors (Lipinski definition) is 1. The molecule has 1 amide bonds. The molecule has 1 N–H and O–H groups in total. The number of thioether (sulfide) groups is 1. The van der Waals surface area contributed by atoms with Crippen LogP contribution in [0.2, 0.25) is 5.02 Å². The number of amides is 1. The van der Waals surface area contributed by atoms with Gasteiger partial charge in [0.15, 0.2) is 15.8 Å². The maximum Gasteiger partial charge on any atom is 0.264 e. The number of benzene rings is 2. The average Bonchev–Trinajstić information content (AvgIpc) is 3.28. The highest BCUT2D eigenvalue weighted by molar-refractivity contribution is 8.01. The van der Waals surface area contributed by atoms with E-state index in [-0.39, 0.29) is 21.5 Å². The van der Waals surface area contributed by atoms with Gasteiger partial charge in [-0.1, -0.05) is 40.8 Å². The number of ether oxygens (including phenoxy) is 2. The highest BCUT2D eigenvalue weighted by Crippen LogP contribution is 2.32. The summed E-state index contributed by atoms with van der Waals surface area (Å²) in [6, 6.07) is 10.3. The summed E-state index contributed by atoms with van der Waals surface area (Å²) in [5.74, 6) is 0.674. The lowest BCUT2D eigenvalue weighted by molar-refractivity contribution is -0.114. The molecule has 13 heteroatoms. The van der Waals surface area contributed by atoms with Crippen LogP contribution < -0.4 is 19.1 Å². The molecule has 0 aliphatic carbocycles. The zero-order valence-corrected chi connectivity index (χ0v) is 21.4. The molecule has 1 aromatic heterocycles. The topological polar surface area (TPSA) is 111 Å². The minimum atomic E-state index is -4.17. The van der Waals surface area contributed by atoms with Gasteiger partial charge < -0.3 is 9.47 Å². The fourth-order valence-corrected chi connectivity index (χ4v) is 5.86. The third-order valence-electron chi connectivity index (χ3n) is 4.32. The largest absolute Gasteiger partial charge is 0.493 e. The van der Waals surface area contributed by atoms with Crippen molar-refractivity contribution in [3.63, 3.8) is 0 Å². The number of anilines is 2. The van der Waals surface area contributed by atoms with Crippen LogP contribution >= 0.6 is 34.7 Å². The number of methoxy groups -OCH3 is 2. The number of nitrogens with one attached hydrogen (secondary N) is 1. The number of nitrogens with zero attached hydrogens (tertiary/aromatic N) is 3. The van der Waals surface area contributed by atoms with Crippen molar-refractivity contribution in [1.29, 1.82) is 0 Å². The van der Waals surface area contributed by atoms with Gasteiger partial charge in [-0.3, -0.25) is 14.4 Å². The summed E-state index contributed by atoms with van der Waals surface area (Å²) in [4.78, 5) is 12.7. The molecule has 0 radical (unpaired) electrons. The maximum atomic E-state index is 13.6. The molecule has 0 atom stereocenters. The molecule has 3 rings (SSSR count). The second-order valence-corrected chi connectivity index (χ2v) is 11.1. The van der Waals surface area contributed by atoms with Crippen molar-refractivity contribution in [1.82, 2.24) is 10.2 Å². The third-order valence-corrected chi connectivity index (χ3v) is 8.31. The molecule has 1 heterocycles. The summed E-state index contributed by atoms with van der Waals surface area (Å²) in [6.45, 7) is 3.14. The molecule has 9 nitrogen and oxygen atoms in total. The van der Waals surface area contributed by atoms with Crippen LogP contribution in [0.25, 0.3) is 0 Å². The molecular weight excluding hydrogens is 520 g/mol. The van der Waals surface area contributed by atoms with Crippen molar-refractivity contribution in [2.75, 3.05) is 36.1 Å². The summed E-state index contributed by atoms with van der Waals surface area (Å²) in [5.41, 5.74) is 0.258. The van der Waals surface area contributed by atoms with Crippen LogP contribution in [0.3, 0.4) is 0 Å². The monoisotopic (exact) mass is 540 g/mol. The number of hydrogen-bond acceptors (Lipinski definition) is 9. The molecule has 0 aliphatic heterocycles. The lowest BCUT2D eigenvalue weighted by Crippen LogP contribution is -2.38. The molecule has 0 spiro atoms. The highest BCUT2D eigenvalue weighted by atomic mass is 35.5. The maximum absolute atomic E-state index is 13.6. The van der Waals surface area contributed by atoms with Crippen LogP contribution in [0.15, 0.2) is 64.4 Å². The first-order chi connectivity index (χ1) is 16.3. The fourth-order valence-electron chi connectivity index (χ4n) is 2.76. The van der Waals surface area contributed by atoms with Crippen molar-refractivity contribution in [3.05, 3.63) is 60.1 Å². The highest BCUT2D eigenvalue weighted by Gasteiger charge is 2.28. The molecule has 0 aliphatic rings. The molecule has 0 saturated heterocycles. The fraction of sp³-hybridized carbons (Fsp3) is 0.190. The van der Waals surface area contributed by atoms with Gasteiger partial charge in [-0.05, 0) is 36.4 Å². The number of rotatable bonds is 11.